The first-order valence-corrected chi connectivity index (χ1v) is 10.3. The van der Waals surface area contributed by atoms with Gasteiger partial charge in [-0.15, -0.1) is 0 Å². The first-order valence-electron chi connectivity index (χ1n) is 10.3. The number of hydrogen-bond acceptors (Lipinski definition) is 5. The molecule has 2 amide bonds. The summed E-state index contributed by atoms with van der Waals surface area (Å²) >= 11 is 0. The fourth-order valence-electron chi connectivity index (χ4n) is 2.86. The van der Waals surface area contributed by atoms with Gasteiger partial charge in [-0.05, 0) is 30.7 Å². The topological polar surface area (TPSA) is 131 Å². The van der Waals surface area contributed by atoms with E-state index in [1.165, 1.54) is 0 Å². The summed E-state index contributed by atoms with van der Waals surface area (Å²) in [5.41, 5.74) is 6.99. The molecule has 4 atom stereocenters. The first kappa shape index (κ1) is 25.6. The van der Waals surface area contributed by atoms with Gasteiger partial charge >= 0.3 is 5.97 Å². The van der Waals surface area contributed by atoms with Crippen molar-refractivity contribution in [2.75, 3.05) is 0 Å². The summed E-state index contributed by atoms with van der Waals surface area (Å²) in [7, 11) is 0. The Kier molecular flexibility index (Phi) is 10.5. The Labute approximate surface area is 178 Å². The van der Waals surface area contributed by atoms with Gasteiger partial charge in [-0.25, -0.2) is 4.79 Å². The van der Waals surface area contributed by atoms with Gasteiger partial charge in [0.2, 0.25) is 11.8 Å². The second-order valence-electron chi connectivity index (χ2n) is 8.29. The number of carbonyl (C=O) groups excluding carboxylic acids is 2. The third kappa shape index (κ3) is 8.51. The molecule has 30 heavy (non-hydrogen) atoms. The average molecular weight is 422 g/mol. The molecule has 0 aromatic heterocycles. The number of nitrogens with one attached hydrogen (secondary N) is 2. The highest BCUT2D eigenvalue weighted by atomic mass is 16.5. The molecule has 0 spiro atoms. The molecule has 0 saturated carbocycles. The number of carboxylic acid groups (broad SMARTS) is 1. The molecule has 0 unspecified atom stereocenters. The van der Waals surface area contributed by atoms with Crippen LogP contribution >= 0.6 is 0 Å². The quantitative estimate of drug-likeness (QED) is 0.406. The number of rotatable bonds is 12. The number of carboxylic acids is 1. The number of benzene rings is 1. The molecule has 8 heteroatoms. The Morgan fingerprint density at radius 1 is 1.00 bits per heavy atom. The van der Waals surface area contributed by atoms with E-state index in [0.717, 1.165) is 5.56 Å². The van der Waals surface area contributed by atoms with Gasteiger partial charge in [0.1, 0.15) is 18.1 Å². The van der Waals surface area contributed by atoms with E-state index in [1.54, 1.807) is 20.8 Å². The summed E-state index contributed by atoms with van der Waals surface area (Å²) < 4.78 is 5.69. The van der Waals surface area contributed by atoms with Crippen molar-refractivity contribution < 1.29 is 24.2 Å². The van der Waals surface area contributed by atoms with Crippen molar-refractivity contribution in [3.63, 3.8) is 0 Å². The number of nitrogens with two attached hydrogens (primary N) is 1. The number of carbonyl (C=O) groups is 3. The third-order valence-corrected chi connectivity index (χ3v) is 4.73. The van der Waals surface area contributed by atoms with Crippen LogP contribution in [0.3, 0.4) is 0 Å². The Morgan fingerprint density at radius 3 is 2.10 bits per heavy atom. The lowest BCUT2D eigenvalue weighted by Crippen LogP contribution is -2.58. The maximum Gasteiger partial charge on any atom is 0.326 e. The minimum Gasteiger partial charge on any atom is -0.480 e. The standard InChI is InChI=1S/C22H35N3O5/c1-13(2)11-17(22(28)29)24-21(27)19(14(3)4)25-20(26)18(23)15(5)30-12-16-9-7-6-8-10-16/h6-10,13-15,17-19H,11-12,23H2,1-5H3,(H,24,27)(H,25,26)(H,28,29)/t15-,17+,18+,19+/m1/s1. The highest BCUT2D eigenvalue weighted by Gasteiger charge is 2.31. The van der Waals surface area contributed by atoms with Crippen LogP contribution in [0.25, 0.3) is 0 Å². The SMILES string of the molecule is CC(C)C[C@H](NC(=O)[C@@H](NC(=O)[C@@H](N)[C@@H](C)OCc1ccccc1)C(C)C)C(=O)O. The summed E-state index contributed by atoms with van der Waals surface area (Å²) in [6.45, 7) is 9.29. The summed E-state index contributed by atoms with van der Waals surface area (Å²) in [5, 5.41) is 14.5. The molecule has 5 N–H and O–H groups in total. The number of aliphatic carboxylic acids is 1. The van der Waals surface area contributed by atoms with Gasteiger partial charge in [0.25, 0.3) is 0 Å². The van der Waals surface area contributed by atoms with Crippen molar-refractivity contribution in [1.29, 1.82) is 0 Å². The predicted molar refractivity (Wildman–Crippen MR) is 114 cm³/mol. The smallest absolute Gasteiger partial charge is 0.326 e. The molecule has 1 aromatic carbocycles. The zero-order valence-corrected chi connectivity index (χ0v) is 18.4. The van der Waals surface area contributed by atoms with Gasteiger partial charge in [-0.2, -0.15) is 0 Å². The van der Waals surface area contributed by atoms with Crippen molar-refractivity contribution in [3.8, 4) is 0 Å². The molecule has 0 aliphatic rings. The maximum atomic E-state index is 12.7. The van der Waals surface area contributed by atoms with Crippen LogP contribution in [0.4, 0.5) is 0 Å². The third-order valence-electron chi connectivity index (χ3n) is 4.73. The van der Waals surface area contributed by atoms with Crippen LogP contribution in [0.5, 0.6) is 0 Å². The maximum absolute atomic E-state index is 12.7. The van der Waals surface area contributed by atoms with Crippen molar-refractivity contribution in [2.24, 2.45) is 17.6 Å². The van der Waals surface area contributed by atoms with E-state index in [-0.39, 0.29) is 11.8 Å². The highest BCUT2D eigenvalue weighted by molar-refractivity contribution is 5.92. The van der Waals surface area contributed by atoms with Crippen LogP contribution in [0.1, 0.15) is 46.6 Å². The zero-order valence-electron chi connectivity index (χ0n) is 18.4. The summed E-state index contributed by atoms with van der Waals surface area (Å²) in [4.78, 5) is 36.7. The number of ether oxygens (including phenoxy) is 1. The van der Waals surface area contributed by atoms with Gasteiger partial charge in [0.15, 0.2) is 0 Å². The van der Waals surface area contributed by atoms with E-state index in [0.29, 0.717) is 13.0 Å². The summed E-state index contributed by atoms with van der Waals surface area (Å²) in [6.07, 6.45) is -0.280. The molecular formula is C22H35N3O5. The van der Waals surface area contributed by atoms with Crippen molar-refractivity contribution in [3.05, 3.63) is 35.9 Å². The summed E-state index contributed by atoms with van der Waals surface area (Å²) in [5.74, 6) is -2.34. The van der Waals surface area contributed by atoms with E-state index in [2.05, 4.69) is 10.6 Å². The first-order chi connectivity index (χ1) is 14.0. The molecule has 8 nitrogen and oxygen atoms in total. The zero-order chi connectivity index (χ0) is 22.8. The Morgan fingerprint density at radius 2 is 1.60 bits per heavy atom. The average Bonchev–Trinajstić information content (AvgIpc) is 2.68. The molecular weight excluding hydrogens is 386 g/mol. The summed E-state index contributed by atoms with van der Waals surface area (Å²) in [6, 6.07) is 6.61. The normalized spacial score (nSPS) is 15.3. The number of amides is 2. The van der Waals surface area contributed by atoms with Gasteiger partial charge in [-0.1, -0.05) is 58.0 Å². The van der Waals surface area contributed by atoms with Crippen LogP contribution < -0.4 is 16.4 Å². The van der Waals surface area contributed by atoms with Gasteiger partial charge < -0.3 is 26.2 Å². The lowest BCUT2D eigenvalue weighted by molar-refractivity contribution is -0.143. The van der Waals surface area contributed by atoms with E-state index in [1.807, 2.05) is 44.2 Å². The van der Waals surface area contributed by atoms with Crippen LogP contribution in [-0.2, 0) is 25.7 Å². The lowest BCUT2D eigenvalue weighted by atomic mass is 10.00. The van der Waals surface area contributed by atoms with Gasteiger partial charge in [0.05, 0.1) is 12.7 Å². The molecule has 0 heterocycles. The molecule has 0 saturated heterocycles. The molecule has 0 aliphatic heterocycles. The van der Waals surface area contributed by atoms with Crippen LogP contribution in [0.2, 0.25) is 0 Å². The predicted octanol–water partition coefficient (Wildman–Crippen LogP) is 1.68. The second-order valence-corrected chi connectivity index (χ2v) is 8.29. The molecule has 1 aromatic rings. The van der Waals surface area contributed by atoms with E-state index in [9.17, 15) is 19.5 Å². The Bertz CT molecular complexity index is 693. The van der Waals surface area contributed by atoms with Crippen LogP contribution in [0.15, 0.2) is 30.3 Å². The van der Waals surface area contributed by atoms with E-state index >= 15 is 0 Å². The van der Waals surface area contributed by atoms with Crippen LogP contribution in [0, 0.1) is 11.8 Å². The molecule has 0 bridgehead atoms. The fourth-order valence-corrected chi connectivity index (χ4v) is 2.86. The minimum atomic E-state index is -1.11. The van der Waals surface area contributed by atoms with Gasteiger partial charge in [0, 0.05) is 0 Å². The molecule has 0 radical (unpaired) electrons. The fraction of sp³-hybridized carbons (Fsp3) is 0.591. The molecule has 1 rings (SSSR count). The van der Waals surface area contributed by atoms with E-state index in [4.69, 9.17) is 10.5 Å². The Hall–Kier alpha value is -2.45. The molecule has 0 aliphatic carbocycles. The van der Waals surface area contributed by atoms with Gasteiger partial charge in [-0.3, -0.25) is 9.59 Å². The van der Waals surface area contributed by atoms with E-state index < -0.39 is 42.0 Å². The van der Waals surface area contributed by atoms with Crippen molar-refractivity contribution in [2.45, 2.75) is 71.9 Å². The Balaban J connectivity index is 2.70. The minimum absolute atomic E-state index is 0.0922. The second kappa shape index (κ2) is 12.3. The highest BCUT2D eigenvalue weighted by Crippen LogP contribution is 2.09. The largest absolute Gasteiger partial charge is 0.480 e. The van der Waals surface area contributed by atoms with Crippen molar-refractivity contribution in [1.82, 2.24) is 10.6 Å². The monoisotopic (exact) mass is 421 g/mol. The molecule has 168 valence electrons. The van der Waals surface area contributed by atoms with Crippen molar-refractivity contribution >= 4 is 17.8 Å². The number of hydrogen-bond donors (Lipinski definition) is 4. The van der Waals surface area contributed by atoms with Crippen LogP contribution in [-0.4, -0.2) is 47.1 Å². The molecule has 0 fully saturated rings. The lowest BCUT2D eigenvalue weighted by Gasteiger charge is -2.27.